The van der Waals surface area contributed by atoms with Gasteiger partial charge in [0.25, 0.3) is 0 Å². The molecule has 0 aliphatic heterocycles. The van der Waals surface area contributed by atoms with Crippen molar-refractivity contribution in [2.45, 2.75) is 0 Å². The molecule has 0 aliphatic rings. The summed E-state index contributed by atoms with van der Waals surface area (Å²) >= 11 is 0. The fourth-order valence-electron chi connectivity index (χ4n) is 0.506. The topological polar surface area (TPSA) is 17.1 Å². The molecule has 0 radical (unpaired) electrons. The third kappa shape index (κ3) is 3.28. The van der Waals surface area contributed by atoms with Crippen LogP contribution < -0.4 is 51.4 Å². The third-order valence-electron chi connectivity index (χ3n) is 0.892. The first kappa shape index (κ1) is 9.53. The molecule has 0 spiro atoms. The number of carbonyl (C=O) groups excluding carboxylic acids is 1. The van der Waals surface area contributed by atoms with Gasteiger partial charge in [-0.25, -0.2) is 0 Å². The van der Waals surface area contributed by atoms with Crippen LogP contribution in [0.15, 0.2) is 30.3 Å². The van der Waals surface area contributed by atoms with E-state index >= 15 is 0 Å². The van der Waals surface area contributed by atoms with Crippen molar-refractivity contribution in [2.75, 3.05) is 0 Å². The second kappa shape index (κ2) is 5.32. The van der Waals surface area contributed by atoms with Crippen molar-refractivity contribution in [3.05, 3.63) is 35.9 Å². The van der Waals surface area contributed by atoms with Crippen molar-refractivity contribution in [1.29, 1.82) is 0 Å². The Balaban J connectivity index is 0.000000640. The fraction of sp³-hybridized carbons (Fsp3) is 0. The molecule has 2 heteroatoms. The van der Waals surface area contributed by atoms with Gasteiger partial charge in [-0.2, -0.15) is 17.7 Å². The van der Waals surface area contributed by atoms with Crippen molar-refractivity contribution in [2.24, 2.45) is 0 Å². The van der Waals surface area contributed by atoms with Crippen molar-refractivity contribution in [3.8, 4) is 0 Å². The van der Waals surface area contributed by atoms with Gasteiger partial charge in [0.15, 0.2) is 0 Å². The molecule has 0 heterocycles. The molecule has 0 aromatic heterocycles. The molecule has 0 saturated carbocycles. The number of rotatable bonds is 1. The van der Waals surface area contributed by atoms with E-state index in [-0.39, 0.29) is 51.4 Å². The minimum absolute atomic E-state index is 0. The molecule has 0 fully saturated rings. The number of benzene rings is 1. The van der Waals surface area contributed by atoms with Gasteiger partial charge in [-0.15, -0.1) is 12.1 Å². The molecule has 0 amide bonds. The average molecular weight is 144 g/mol. The van der Waals surface area contributed by atoms with Crippen LogP contribution in [0.1, 0.15) is 5.56 Å². The molecule has 1 aromatic rings. The summed E-state index contributed by atoms with van der Waals surface area (Å²) in [6.07, 6.45) is 1.78. The van der Waals surface area contributed by atoms with Crippen LogP contribution in [-0.2, 0) is 4.79 Å². The second-order valence-electron chi connectivity index (χ2n) is 1.47. The summed E-state index contributed by atoms with van der Waals surface area (Å²) in [5.74, 6) is 0. The summed E-state index contributed by atoms with van der Waals surface area (Å²) in [7, 11) is 0. The Morgan fingerprint density at radius 3 is 2.00 bits per heavy atom. The molecule has 0 aliphatic carbocycles. The zero-order valence-corrected chi connectivity index (χ0v) is 8.42. The number of hydrogen-bond donors (Lipinski definition) is 0. The Hall–Kier alpha value is 0.526. The van der Waals surface area contributed by atoms with Gasteiger partial charge >= 0.3 is 51.4 Å². The Kier molecular flexibility index (Phi) is 5.63. The van der Waals surface area contributed by atoms with Crippen LogP contribution in [0.4, 0.5) is 0 Å². The van der Waals surface area contributed by atoms with Gasteiger partial charge in [0.2, 0.25) is 0 Å². The van der Waals surface area contributed by atoms with Gasteiger partial charge < -0.3 is 4.79 Å². The molecule has 9 heavy (non-hydrogen) atoms. The van der Waals surface area contributed by atoms with Crippen LogP contribution in [0.25, 0.3) is 0 Å². The van der Waals surface area contributed by atoms with Crippen LogP contribution in [0.5, 0.6) is 0 Å². The molecular weight excluding hydrogens is 139 g/mol. The Bertz CT molecular complexity index is 172. The quantitative estimate of drug-likeness (QED) is 0.334. The summed E-state index contributed by atoms with van der Waals surface area (Å²) < 4.78 is 0. The van der Waals surface area contributed by atoms with Gasteiger partial charge in [-0.1, -0.05) is 6.07 Å². The summed E-state index contributed by atoms with van der Waals surface area (Å²) in [5, 5.41) is 0. The molecule has 0 unspecified atom stereocenters. The SMILES string of the molecule is O=[C-]c1ccccc1.[K+]. The van der Waals surface area contributed by atoms with E-state index in [1.54, 1.807) is 30.6 Å². The molecule has 0 atom stereocenters. The largest absolute Gasteiger partial charge is 1.00 e. The Morgan fingerprint density at radius 2 is 1.67 bits per heavy atom. The van der Waals surface area contributed by atoms with Crippen LogP contribution >= 0.6 is 0 Å². The van der Waals surface area contributed by atoms with E-state index in [0.717, 1.165) is 0 Å². The van der Waals surface area contributed by atoms with Gasteiger partial charge in [-0.3, -0.25) is 0 Å². The van der Waals surface area contributed by atoms with E-state index in [0.29, 0.717) is 5.56 Å². The molecule has 1 aromatic carbocycles. The minimum atomic E-state index is 0. The summed E-state index contributed by atoms with van der Waals surface area (Å²) in [6, 6.07) is 8.90. The standard InChI is InChI=1S/C7H5O.K/c8-6-7-4-2-1-3-5-7;/h1-5H;/q-1;+1. The van der Waals surface area contributed by atoms with E-state index in [1.807, 2.05) is 6.07 Å². The Morgan fingerprint density at radius 1 is 1.11 bits per heavy atom. The van der Waals surface area contributed by atoms with E-state index in [9.17, 15) is 4.79 Å². The zero-order chi connectivity index (χ0) is 5.82. The van der Waals surface area contributed by atoms with Crippen LogP contribution in [0.2, 0.25) is 0 Å². The second-order valence-corrected chi connectivity index (χ2v) is 1.47. The maximum atomic E-state index is 9.88. The molecular formula is C7H5KO. The molecule has 1 rings (SSSR count). The van der Waals surface area contributed by atoms with Crippen LogP contribution in [0, 0.1) is 0 Å². The molecule has 0 bridgehead atoms. The van der Waals surface area contributed by atoms with Crippen molar-refractivity contribution < 1.29 is 56.2 Å². The monoisotopic (exact) mass is 144 g/mol. The molecule has 1 nitrogen and oxygen atoms in total. The van der Waals surface area contributed by atoms with E-state index in [2.05, 4.69) is 0 Å². The first-order chi connectivity index (χ1) is 3.93. The van der Waals surface area contributed by atoms with Gasteiger partial charge in [0.1, 0.15) is 0 Å². The number of hydrogen-bond acceptors (Lipinski definition) is 1. The molecule has 40 valence electrons. The zero-order valence-electron chi connectivity index (χ0n) is 5.29. The maximum Gasteiger partial charge on any atom is 1.00 e. The summed E-state index contributed by atoms with van der Waals surface area (Å²) in [4.78, 5) is 9.88. The van der Waals surface area contributed by atoms with E-state index in [1.165, 1.54) is 0 Å². The predicted molar refractivity (Wildman–Crippen MR) is 31.2 cm³/mol. The summed E-state index contributed by atoms with van der Waals surface area (Å²) in [5.41, 5.74) is 0.604. The van der Waals surface area contributed by atoms with Gasteiger partial charge in [0.05, 0.1) is 6.29 Å². The minimum Gasteiger partial charge on any atom is -0.376 e. The summed E-state index contributed by atoms with van der Waals surface area (Å²) in [6.45, 7) is 0. The third-order valence-corrected chi connectivity index (χ3v) is 0.892. The van der Waals surface area contributed by atoms with Gasteiger partial charge in [-0.05, 0) is 0 Å². The van der Waals surface area contributed by atoms with Crippen LogP contribution in [-0.4, -0.2) is 6.29 Å². The van der Waals surface area contributed by atoms with Gasteiger partial charge in [0, 0.05) is 0 Å². The van der Waals surface area contributed by atoms with E-state index in [4.69, 9.17) is 0 Å². The molecule has 0 N–H and O–H groups in total. The smallest absolute Gasteiger partial charge is 0.376 e. The first-order valence-electron chi connectivity index (χ1n) is 2.36. The first-order valence-corrected chi connectivity index (χ1v) is 2.36. The molecule has 0 saturated heterocycles. The van der Waals surface area contributed by atoms with Crippen molar-refractivity contribution in [3.63, 3.8) is 0 Å². The predicted octanol–water partition coefficient (Wildman–Crippen LogP) is -1.85. The van der Waals surface area contributed by atoms with E-state index < -0.39 is 0 Å². The normalized spacial score (nSPS) is 7.56. The maximum absolute atomic E-state index is 9.88. The Labute approximate surface area is 96.9 Å². The van der Waals surface area contributed by atoms with Crippen molar-refractivity contribution >= 4 is 6.29 Å². The van der Waals surface area contributed by atoms with Crippen molar-refractivity contribution in [1.82, 2.24) is 0 Å². The fourth-order valence-corrected chi connectivity index (χ4v) is 0.506. The average Bonchev–Trinajstić information content (AvgIpc) is 1.90. The van der Waals surface area contributed by atoms with Crippen LogP contribution in [0.3, 0.4) is 0 Å².